The van der Waals surface area contributed by atoms with Crippen LogP contribution in [0.5, 0.6) is 0 Å². The Balaban J connectivity index is 0.000000276. The minimum Gasteiger partial charge on any atom is -0.444 e. The molecule has 0 radical (unpaired) electrons. The molecular formula is C16H23NO2S. The van der Waals surface area contributed by atoms with Crippen molar-refractivity contribution in [1.29, 1.82) is 0 Å². The van der Waals surface area contributed by atoms with Gasteiger partial charge in [0, 0.05) is 5.75 Å². The Bertz CT molecular complexity index is 388. The fourth-order valence-electron chi connectivity index (χ4n) is 1.55. The van der Waals surface area contributed by atoms with Crippen LogP contribution < -0.4 is 0 Å². The maximum atomic E-state index is 11.7. The van der Waals surface area contributed by atoms with Gasteiger partial charge in [-0.25, -0.2) is 4.79 Å². The van der Waals surface area contributed by atoms with Crippen molar-refractivity contribution in [3.63, 3.8) is 0 Å². The topological polar surface area (TPSA) is 29.5 Å². The molecule has 110 valence electrons. The molecule has 3 nitrogen and oxygen atoms in total. The van der Waals surface area contributed by atoms with E-state index in [9.17, 15) is 4.79 Å². The molecule has 0 spiro atoms. The molecule has 4 heteroatoms. The van der Waals surface area contributed by atoms with Crippen molar-refractivity contribution < 1.29 is 9.53 Å². The Morgan fingerprint density at radius 2 is 1.75 bits per heavy atom. The van der Waals surface area contributed by atoms with Gasteiger partial charge in [-0.1, -0.05) is 42.5 Å². The highest BCUT2D eigenvalue weighted by Crippen LogP contribution is 2.23. The summed E-state index contributed by atoms with van der Waals surface area (Å²) in [7, 11) is 0. The third-order valence-corrected chi connectivity index (χ3v) is 3.52. The summed E-state index contributed by atoms with van der Waals surface area (Å²) in [5, 5.41) is 0. The van der Waals surface area contributed by atoms with E-state index in [1.54, 1.807) is 22.7 Å². The predicted molar refractivity (Wildman–Crippen MR) is 85.8 cm³/mol. The molecule has 1 aromatic rings. The Hall–Kier alpha value is -1.42. The molecule has 1 amide bonds. The monoisotopic (exact) mass is 293 g/mol. The molecule has 2 rings (SSSR count). The van der Waals surface area contributed by atoms with Crippen LogP contribution in [-0.4, -0.2) is 34.3 Å². The van der Waals surface area contributed by atoms with Gasteiger partial charge in [-0.05, 0) is 20.8 Å². The van der Waals surface area contributed by atoms with Gasteiger partial charge in [-0.15, -0.1) is 18.3 Å². The lowest BCUT2D eigenvalue weighted by molar-refractivity contribution is 0.0269. The van der Waals surface area contributed by atoms with Crippen LogP contribution in [0.15, 0.2) is 49.1 Å². The molecule has 1 heterocycles. The second kappa shape index (κ2) is 8.00. The number of hydrogen-bond acceptors (Lipinski definition) is 3. The fourth-order valence-corrected chi connectivity index (χ4v) is 2.70. The van der Waals surface area contributed by atoms with Crippen LogP contribution in [0.4, 0.5) is 4.79 Å². The first-order chi connectivity index (χ1) is 9.44. The van der Waals surface area contributed by atoms with Crippen molar-refractivity contribution in [3.8, 4) is 0 Å². The summed E-state index contributed by atoms with van der Waals surface area (Å²) in [5.74, 6) is 1.62. The van der Waals surface area contributed by atoms with Crippen LogP contribution in [0, 0.1) is 0 Å². The lowest BCUT2D eigenvalue weighted by Crippen LogP contribution is -2.39. The van der Waals surface area contributed by atoms with Crippen LogP contribution >= 0.6 is 11.8 Å². The third-order valence-electron chi connectivity index (χ3n) is 2.49. The smallest absolute Gasteiger partial charge is 0.411 e. The van der Waals surface area contributed by atoms with E-state index in [1.165, 1.54) is 0 Å². The van der Waals surface area contributed by atoms with Gasteiger partial charge in [0.15, 0.2) is 0 Å². The highest BCUT2D eigenvalue weighted by Gasteiger charge is 2.30. The van der Waals surface area contributed by atoms with E-state index < -0.39 is 5.60 Å². The molecule has 1 saturated heterocycles. The van der Waals surface area contributed by atoms with Gasteiger partial charge in [0.1, 0.15) is 5.60 Å². The number of benzene rings is 1. The summed E-state index contributed by atoms with van der Waals surface area (Å²) >= 11 is 1.72. The first-order valence-electron chi connectivity index (χ1n) is 6.64. The first-order valence-corrected chi connectivity index (χ1v) is 7.79. The largest absolute Gasteiger partial charge is 0.444 e. The van der Waals surface area contributed by atoms with Crippen molar-refractivity contribution in [1.82, 2.24) is 4.90 Å². The zero-order valence-corrected chi connectivity index (χ0v) is 13.2. The number of carbonyl (C=O) groups is 1. The molecule has 1 atom stereocenters. The lowest BCUT2D eigenvalue weighted by Gasteiger charge is -2.26. The molecule has 1 fully saturated rings. The van der Waals surface area contributed by atoms with E-state index in [2.05, 4.69) is 6.58 Å². The highest BCUT2D eigenvalue weighted by molar-refractivity contribution is 7.99. The fraction of sp³-hybridized carbons (Fsp3) is 0.438. The van der Waals surface area contributed by atoms with Gasteiger partial charge in [0.25, 0.3) is 0 Å². The molecule has 20 heavy (non-hydrogen) atoms. The normalized spacial score (nSPS) is 17.9. The van der Waals surface area contributed by atoms with Crippen molar-refractivity contribution in [2.45, 2.75) is 32.4 Å². The summed E-state index contributed by atoms with van der Waals surface area (Å²) in [6, 6.07) is 12.1. The average molecular weight is 293 g/mol. The van der Waals surface area contributed by atoms with Crippen LogP contribution in [0.2, 0.25) is 0 Å². The maximum Gasteiger partial charge on any atom is 0.411 e. The summed E-state index contributed by atoms with van der Waals surface area (Å²) in [4.78, 5) is 13.4. The average Bonchev–Trinajstić information content (AvgIpc) is 2.88. The van der Waals surface area contributed by atoms with Crippen molar-refractivity contribution in [2.75, 3.05) is 11.6 Å². The molecule has 0 N–H and O–H groups in total. The molecule has 1 aliphatic heterocycles. The van der Waals surface area contributed by atoms with Gasteiger partial charge in [-0.3, -0.25) is 4.90 Å². The number of ether oxygens (including phenoxy) is 1. The van der Waals surface area contributed by atoms with Gasteiger partial charge in [-0.2, -0.15) is 0 Å². The number of hydrogen-bond donors (Lipinski definition) is 0. The Morgan fingerprint density at radius 1 is 1.25 bits per heavy atom. The minimum absolute atomic E-state index is 0.120. The molecule has 0 unspecified atom stereocenters. The number of amides is 1. The van der Waals surface area contributed by atoms with Gasteiger partial charge < -0.3 is 4.74 Å². The zero-order valence-electron chi connectivity index (χ0n) is 12.4. The third kappa shape index (κ3) is 6.15. The molecule has 1 aliphatic rings. The van der Waals surface area contributed by atoms with Gasteiger partial charge in [0.2, 0.25) is 0 Å². The van der Waals surface area contributed by atoms with Crippen LogP contribution in [0.3, 0.4) is 0 Å². The molecule has 0 aliphatic carbocycles. The minimum atomic E-state index is -0.421. The Labute approximate surface area is 126 Å². The van der Waals surface area contributed by atoms with Crippen molar-refractivity contribution in [3.05, 3.63) is 49.1 Å². The maximum absolute atomic E-state index is 11.7. The predicted octanol–water partition coefficient (Wildman–Crippen LogP) is 4.17. The Morgan fingerprint density at radius 3 is 2.15 bits per heavy atom. The summed E-state index contributed by atoms with van der Waals surface area (Å²) in [5.41, 5.74) is -0.421. The number of thioether (sulfide) groups is 1. The second-order valence-electron chi connectivity index (χ2n) is 5.41. The van der Waals surface area contributed by atoms with E-state index in [1.807, 2.05) is 57.2 Å². The SMILES string of the molecule is C=C[C@@H]1CSCN1C(=O)OC(C)(C)C.c1ccccc1. The summed E-state index contributed by atoms with van der Waals surface area (Å²) < 4.78 is 5.28. The van der Waals surface area contributed by atoms with Gasteiger partial charge in [0.05, 0.1) is 11.9 Å². The number of rotatable bonds is 1. The van der Waals surface area contributed by atoms with Gasteiger partial charge >= 0.3 is 6.09 Å². The van der Waals surface area contributed by atoms with E-state index in [4.69, 9.17) is 4.74 Å². The van der Waals surface area contributed by atoms with Crippen LogP contribution in [0.25, 0.3) is 0 Å². The number of nitrogens with zero attached hydrogens (tertiary/aromatic N) is 1. The standard InChI is InChI=1S/C10H17NO2S.C6H6/c1-5-8-6-14-7-11(8)9(12)13-10(2,3)4;1-2-4-6-5-3-1/h5,8H,1,6-7H2,2-4H3;1-6H/t8-;/m1./s1. The van der Waals surface area contributed by atoms with Crippen molar-refractivity contribution in [2.24, 2.45) is 0 Å². The molecule has 1 aromatic carbocycles. The van der Waals surface area contributed by atoms with E-state index in [0.29, 0.717) is 5.88 Å². The zero-order chi connectivity index (χ0) is 15.0. The molecule has 0 bridgehead atoms. The van der Waals surface area contributed by atoms with Crippen molar-refractivity contribution >= 4 is 17.9 Å². The quantitative estimate of drug-likeness (QED) is 0.728. The molecule has 0 aromatic heterocycles. The first kappa shape index (κ1) is 16.6. The molecule has 0 saturated carbocycles. The number of carbonyl (C=O) groups excluding carboxylic acids is 1. The second-order valence-corrected chi connectivity index (χ2v) is 6.41. The lowest BCUT2D eigenvalue weighted by atomic mass is 10.2. The summed E-state index contributed by atoms with van der Waals surface area (Å²) in [6.45, 7) is 9.33. The highest BCUT2D eigenvalue weighted by atomic mass is 32.2. The Kier molecular flexibility index (Phi) is 6.65. The van der Waals surface area contributed by atoms with E-state index in [0.717, 1.165) is 5.75 Å². The van der Waals surface area contributed by atoms with E-state index in [-0.39, 0.29) is 12.1 Å². The van der Waals surface area contributed by atoms with Crippen LogP contribution in [-0.2, 0) is 4.74 Å². The summed E-state index contributed by atoms with van der Waals surface area (Å²) in [6.07, 6.45) is 1.55. The molecular weight excluding hydrogens is 270 g/mol. The van der Waals surface area contributed by atoms with Crippen LogP contribution in [0.1, 0.15) is 20.8 Å². The van der Waals surface area contributed by atoms with E-state index >= 15 is 0 Å².